The van der Waals surface area contributed by atoms with Gasteiger partial charge in [-0.3, -0.25) is 4.48 Å². The summed E-state index contributed by atoms with van der Waals surface area (Å²) in [5.74, 6) is -3.66. The molecule has 0 aliphatic heterocycles. The van der Waals surface area contributed by atoms with Gasteiger partial charge in [0.25, 0.3) is 0 Å². The van der Waals surface area contributed by atoms with E-state index >= 15 is 0 Å². The van der Waals surface area contributed by atoms with Crippen LogP contribution in [0.4, 0.5) is 0 Å². The highest BCUT2D eigenvalue weighted by Crippen LogP contribution is 2.32. The van der Waals surface area contributed by atoms with Crippen LogP contribution < -0.4 is 5.11 Å². The summed E-state index contributed by atoms with van der Waals surface area (Å²) in [5, 5.41) is 32.1. The van der Waals surface area contributed by atoms with Gasteiger partial charge in [0.15, 0.2) is 12.1 Å². The van der Waals surface area contributed by atoms with Gasteiger partial charge in [-0.15, -0.1) is 0 Å². The lowest BCUT2D eigenvalue weighted by molar-refractivity contribution is -0.974. The Morgan fingerprint density at radius 2 is 0.949 bits per heavy atom. The van der Waals surface area contributed by atoms with Crippen LogP contribution in [-0.4, -0.2) is 57.3 Å². The molecular formula is C32H59NO6. The Hall–Kier alpha value is -1.89. The van der Waals surface area contributed by atoms with Crippen LogP contribution in [0.2, 0.25) is 0 Å². The second-order valence-corrected chi connectivity index (χ2v) is 11.1. The predicted molar refractivity (Wildman–Crippen MR) is 156 cm³/mol. The van der Waals surface area contributed by atoms with Gasteiger partial charge in [-0.25, -0.2) is 9.59 Å². The van der Waals surface area contributed by atoms with Crippen molar-refractivity contribution in [1.29, 1.82) is 0 Å². The van der Waals surface area contributed by atoms with Crippen molar-refractivity contribution in [2.24, 2.45) is 0 Å². The van der Waals surface area contributed by atoms with Crippen molar-refractivity contribution < 1.29 is 34.2 Å². The minimum Gasteiger partial charge on any atom is -0.544 e. The van der Waals surface area contributed by atoms with E-state index in [0.717, 1.165) is 38.5 Å². The van der Waals surface area contributed by atoms with Crippen LogP contribution in [0, 0.1) is 0 Å². The average molecular weight is 554 g/mol. The first-order valence-electron chi connectivity index (χ1n) is 15.9. The van der Waals surface area contributed by atoms with Crippen LogP contribution >= 0.6 is 0 Å². The van der Waals surface area contributed by atoms with Crippen LogP contribution in [0.5, 0.6) is 0 Å². The van der Waals surface area contributed by atoms with Crippen molar-refractivity contribution in [1.82, 2.24) is 0 Å². The first-order valence-corrected chi connectivity index (χ1v) is 15.9. The number of quaternary nitrogens is 1. The van der Waals surface area contributed by atoms with Gasteiger partial charge in [0.05, 0.1) is 12.5 Å². The van der Waals surface area contributed by atoms with E-state index in [4.69, 9.17) is 0 Å². The quantitative estimate of drug-likeness (QED) is 0.0651. The molecule has 0 aromatic carbocycles. The summed E-state index contributed by atoms with van der Waals surface area (Å²) in [5.41, 5.74) is 0. The maximum absolute atomic E-state index is 12.2. The molecule has 0 aromatic heterocycles. The van der Waals surface area contributed by atoms with E-state index in [9.17, 15) is 29.7 Å². The van der Waals surface area contributed by atoms with Crippen LogP contribution in [0.3, 0.4) is 0 Å². The highest BCUT2D eigenvalue weighted by atomic mass is 16.4. The van der Waals surface area contributed by atoms with E-state index in [1.54, 1.807) is 20.8 Å². The maximum Gasteiger partial charge on any atom is 0.362 e. The molecule has 0 saturated heterocycles. The van der Waals surface area contributed by atoms with Crippen molar-refractivity contribution in [3.05, 3.63) is 12.2 Å². The fourth-order valence-electron chi connectivity index (χ4n) is 6.25. The smallest absolute Gasteiger partial charge is 0.362 e. The number of carboxylic acids is 3. The van der Waals surface area contributed by atoms with E-state index in [0.29, 0.717) is 6.42 Å². The lowest BCUT2D eigenvalue weighted by Crippen LogP contribution is -2.73. The molecule has 7 nitrogen and oxygen atoms in total. The molecule has 228 valence electrons. The second kappa shape index (κ2) is 22.9. The van der Waals surface area contributed by atoms with E-state index in [1.165, 1.54) is 57.8 Å². The van der Waals surface area contributed by atoms with Crippen molar-refractivity contribution in [3.8, 4) is 0 Å². The van der Waals surface area contributed by atoms with Gasteiger partial charge in [-0.1, -0.05) is 104 Å². The lowest BCUT2D eigenvalue weighted by Gasteiger charge is -2.51. The number of allylic oxidation sites excluding steroid dienone is 2. The monoisotopic (exact) mass is 553 g/mol. The fourth-order valence-corrected chi connectivity index (χ4v) is 6.25. The second-order valence-electron chi connectivity index (χ2n) is 11.1. The summed E-state index contributed by atoms with van der Waals surface area (Å²) in [6.07, 6.45) is 23.8. The normalized spacial score (nSPS) is 15.6. The summed E-state index contributed by atoms with van der Waals surface area (Å²) in [6.45, 7) is 7.50. The van der Waals surface area contributed by atoms with Crippen LogP contribution in [0.15, 0.2) is 12.2 Å². The van der Waals surface area contributed by atoms with E-state index < -0.39 is 40.5 Å². The van der Waals surface area contributed by atoms with Gasteiger partial charge in [0.1, 0.15) is 6.04 Å². The van der Waals surface area contributed by atoms with E-state index in [2.05, 4.69) is 19.1 Å². The summed E-state index contributed by atoms with van der Waals surface area (Å²) in [4.78, 5) is 36.6. The Kier molecular flexibility index (Phi) is 21.8. The Morgan fingerprint density at radius 3 is 1.28 bits per heavy atom. The zero-order chi connectivity index (χ0) is 29.5. The molecule has 0 aliphatic carbocycles. The molecule has 2 N–H and O–H groups in total. The third-order valence-corrected chi connectivity index (χ3v) is 8.30. The summed E-state index contributed by atoms with van der Waals surface area (Å²) >= 11 is 0. The van der Waals surface area contributed by atoms with Gasteiger partial charge in [-0.05, 0) is 38.5 Å². The van der Waals surface area contributed by atoms with Crippen molar-refractivity contribution >= 4 is 17.9 Å². The Balaban J connectivity index is 4.62. The summed E-state index contributed by atoms with van der Waals surface area (Å²) < 4.78 is -0.472. The van der Waals surface area contributed by atoms with Crippen molar-refractivity contribution in [2.45, 2.75) is 168 Å². The van der Waals surface area contributed by atoms with Crippen molar-refractivity contribution in [2.75, 3.05) is 6.54 Å². The molecule has 0 aliphatic rings. The van der Waals surface area contributed by atoms with Gasteiger partial charge < -0.3 is 20.1 Å². The molecule has 0 saturated carbocycles. The number of carboxylic acid groups (broad SMARTS) is 3. The molecule has 39 heavy (non-hydrogen) atoms. The molecule has 0 rings (SSSR count). The molecule has 0 amide bonds. The number of rotatable bonds is 27. The summed E-state index contributed by atoms with van der Waals surface area (Å²) in [6, 6.07) is -3.39. The molecule has 0 bridgehead atoms. The third kappa shape index (κ3) is 13.8. The highest BCUT2D eigenvalue weighted by molar-refractivity contribution is 5.77. The van der Waals surface area contributed by atoms with E-state index in [1.807, 2.05) is 0 Å². The molecule has 0 spiro atoms. The number of aliphatic carboxylic acids is 3. The standard InChI is InChI=1S/C32H59NO6/c1-5-9-10-11-12-13-14-15-16-17-18-19-20-21-22-23-24-25-26-33(27(6-2)30(34)35,28(7-3)31(36)37)29(8-4)32(38)39/h17-18,27-29H,5-16,19-26H2,1-4H3,(H2-,34,35,36,37,38,39)/b18-17+. The lowest BCUT2D eigenvalue weighted by atomic mass is 9.93. The number of hydrogen-bond acceptors (Lipinski definition) is 4. The Labute approximate surface area is 238 Å². The number of hydrogen-bond donors (Lipinski definition) is 2. The van der Waals surface area contributed by atoms with Crippen LogP contribution in [0.25, 0.3) is 0 Å². The molecule has 0 fully saturated rings. The van der Waals surface area contributed by atoms with E-state index in [-0.39, 0.29) is 25.8 Å². The zero-order valence-electron chi connectivity index (χ0n) is 25.5. The minimum absolute atomic E-state index is 0.127. The van der Waals surface area contributed by atoms with Gasteiger partial charge >= 0.3 is 11.9 Å². The molecule has 3 unspecified atom stereocenters. The molecule has 0 radical (unpaired) electrons. The zero-order valence-corrected chi connectivity index (χ0v) is 25.5. The Morgan fingerprint density at radius 1 is 0.590 bits per heavy atom. The fraction of sp³-hybridized carbons (Fsp3) is 0.844. The van der Waals surface area contributed by atoms with Crippen LogP contribution in [0.1, 0.15) is 150 Å². The maximum atomic E-state index is 12.2. The number of carbonyl (C=O) groups is 3. The van der Waals surface area contributed by atoms with Gasteiger partial charge in [0, 0.05) is 19.3 Å². The van der Waals surface area contributed by atoms with Gasteiger partial charge in [-0.2, -0.15) is 0 Å². The first-order chi connectivity index (χ1) is 18.7. The topological polar surface area (TPSA) is 115 Å². The number of carbonyl (C=O) groups excluding carboxylic acids is 1. The molecule has 0 heterocycles. The molecule has 7 heteroatoms. The molecular weight excluding hydrogens is 494 g/mol. The molecule has 0 aromatic rings. The highest BCUT2D eigenvalue weighted by Gasteiger charge is 2.53. The van der Waals surface area contributed by atoms with Crippen LogP contribution in [-0.2, 0) is 14.4 Å². The third-order valence-electron chi connectivity index (χ3n) is 8.30. The SMILES string of the molecule is CCCCCCCCCC/C=C/CCCCCCCC[N+](C(CC)C(=O)[O-])(C(CC)C(=O)O)C(CC)C(=O)O. The molecule has 3 atom stereocenters. The Bertz CT molecular complexity index is 637. The van der Waals surface area contributed by atoms with Crippen molar-refractivity contribution in [3.63, 3.8) is 0 Å². The number of nitrogens with zero attached hydrogens (tertiary/aromatic N) is 1. The number of unbranched alkanes of at least 4 members (excludes halogenated alkanes) is 14. The largest absolute Gasteiger partial charge is 0.544 e. The first kappa shape index (κ1) is 37.1. The van der Waals surface area contributed by atoms with Gasteiger partial charge in [0.2, 0.25) is 0 Å². The minimum atomic E-state index is -1.37. The summed E-state index contributed by atoms with van der Waals surface area (Å²) in [7, 11) is 0. The average Bonchev–Trinajstić information content (AvgIpc) is 2.88. The predicted octanol–water partition coefficient (Wildman–Crippen LogP) is 6.88.